The van der Waals surface area contributed by atoms with Gasteiger partial charge in [0.05, 0.1) is 0 Å². The molecule has 0 saturated carbocycles. The van der Waals surface area contributed by atoms with Crippen molar-refractivity contribution in [3.05, 3.63) is 102 Å². The molecule has 0 fully saturated rings. The van der Waals surface area contributed by atoms with Crippen LogP contribution in [0.5, 0.6) is 5.75 Å². The van der Waals surface area contributed by atoms with Crippen LogP contribution in [0.2, 0.25) is 0 Å². The first-order valence-corrected chi connectivity index (χ1v) is 15.8. The second-order valence-corrected chi connectivity index (χ2v) is 15.0. The summed E-state index contributed by atoms with van der Waals surface area (Å²) in [5.74, 6) is 1.09. The minimum absolute atomic E-state index is 0.0276. The van der Waals surface area contributed by atoms with Crippen molar-refractivity contribution in [1.82, 2.24) is 4.90 Å². The summed E-state index contributed by atoms with van der Waals surface area (Å²) < 4.78 is 9.86. The van der Waals surface area contributed by atoms with Gasteiger partial charge in [-0.2, -0.15) is 0 Å². The molecule has 0 unspecified atom stereocenters. The number of rotatable bonds is 1. The van der Waals surface area contributed by atoms with Gasteiger partial charge < -0.3 is 0 Å². The molecule has 0 amide bonds. The number of fused-ring (bicyclic) bond motifs is 4. The van der Waals surface area contributed by atoms with Gasteiger partial charge in [-0.25, -0.2) is 0 Å². The van der Waals surface area contributed by atoms with Gasteiger partial charge in [0.25, 0.3) is 0 Å². The maximum atomic E-state index is 6.77. The Hall–Kier alpha value is -2.16. The molecule has 5 rings (SSSR count). The third-order valence-electron chi connectivity index (χ3n) is 5.84. The third kappa shape index (κ3) is 3.97. The summed E-state index contributed by atoms with van der Waals surface area (Å²) >= 11 is -1.63. The summed E-state index contributed by atoms with van der Waals surface area (Å²) in [6, 6.07) is 32.9. The van der Waals surface area contributed by atoms with Crippen LogP contribution in [0.4, 0.5) is 0 Å². The SMILES string of the molecule is CN1Cc2cccc[c]2[Hg][c]2c(ccc3ccccc23)O[C@@H](c2ccccc2)C1. The van der Waals surface area contributed by atoms with E-state index in [4.69, 9.17) is 4.74 Å². The van der Waals surface area contributed by atoms with Gasteiger partial charge in [0.2, 0.25) is 0 Å². The summed E-state index contributed by atoms with van der Waals surface area (Å²) in [4.78, 5) is 2.40. The van der Waals surface area contributed by atoms with Gasteiger partial charge in [0.15, 0.2) is 0 Å². The second kappa shape index (κ2) is 8.29. The summed E-state index contributed by atoms with van der Waals surface area (Å²) in [5, 5.41) is 2.69. The first-order chi connectivity index (χ1) is 14.3. The molecule has 0 bridgehead atoms. The Morgan fingerprint density at radius 3 is 2.48 bits per heavy atom. The molecule has 1 atom stereocenters. The molecule has 3 heteroatoms. The van der Waals surface area contributed by atoms with Crippen LogP contribution in [0.3, 0.4) is 0 Å². The Bertz CT molecular complexity index is 1140. The Balaban J connectivity index is 1.68. The summed E-state index contributed by atoms with van der Waals surface area (Å²) in [5.41, 5.74) is 2.73. The van der Waals surface area contributed by atoms with Crippen molar-refractivity contribution < 1.29 is 29.3 Å². The van der Waals surface area contributed by atoms with E-state index < -0.39 is 24.6 Å². The average Bonchev–Trinajstić information content (AvgIpc) is 2.76. The van der Waals surface area contributed by atoms with Crippen molar-refractivity contribution in [2.24, 2.45) is 0 Å². The van der Waals surface area contributed by atoms with E-state index in [9.17, 15) is 0 Å². The Morgan fingerprint density at radius 2 is 1.59 bits per heavy atom. The first kappa shape index (κ1) is 18.8. The van der Waals surface area contributed by atoms with Gasteiger partial charge in [-0.1, -0.05) is 0 Å². The fourth-order valence-electron chi connectivity index (χ4n) is 4.35. The second-order valence-electron chi connectivity index (χ2n) is 7.92. The standard InChI is InChI=1S/C26H23NO.Hg/c1-27(19-21-10-4-2-5-11-21)20-26(23-13-6-3-7-14-23)28-25-17-16-22-12-8-9-15-24(22)18-25;/h2-10,12-17,26H,19-20H2,1H3;/t26-;/m1./s1. The van der Waals surface area contributed by atoms with Crippen molar-refractivity contribution >= 4 is 16.9 Å². The van der Waals surface area contributed by atoms with Crippen molar-refractivity contribution in [2.45, 2.75) is 12.6 Å². The molecule has 2 nitrogen and oxygen atoms in total. The van der Waals surface area contributed by atoms with E-state index in [0.29, 0.717) is 0 Å². The van der Waals surface area contributed by atoms with Crippen LogP contribution < -0.4 is 10.9 Å². The van der Waals surface area contributed by atoms with Crippen molar-refractivity contribution in [2.75, 3.05) is 13.6 Å². The van der Waals surface area contributed by atoms with Gasteiger partial charge in [-0.05, 0) is 0 Å². The normalized spacial score (nSPS) is 16.7. The molecule has 4 aromatic rings. The zero-order valence-corrected chi connectivity index (χ0v) is 22.2. The third-order valence-corrected chi connectivity index (χ3v) is 14.2. The van der Waals surface area contributed by atoms with E-state index in [1.807, 2.05) is 0 Å². The number of hydrogen-bond donors (Lipinski definition) is 0. The summed E-state index contributed by atoms with van der Waals surface area (Å²) in [6.07, 6.45) is 0.0276. The van der Waals surface area contributed by atoms with Gasteiger partial charge in [0, 0.05) is 0 Å². The van der Waals surface area contributed by atoms with E-state index in [2.05, 4.69) is 103 Å². The molecule has 0 aromatic heterocycles. The molecule has 4 aromatic carbocycles. The van der Waals surface area contributed by atoms with Crippen LogP contribution in [0.1, 0.15) is 17.2 Å². The number of ether oxygens (including phenoxy) is 1. The predicted molar refractivity (Wildman–Crippen MR) is 116 cm³/mol. The number of likely N-dealkylation sites (N-methyl/N-ethyl adjacent to an activating group) is 1. The molecule has 140 valence electrons. The fourth-order valence-corrected chi connectivity index (χ4v) is 12.0. The van der Waals surface area contributed by atoms with Crippen LogP contribution in [0.25, 0.3) is 10.8 Å². The monoisotopic (exact) mass is 567 g/mol. The van der Waals surface area contributed by atoms with Gasteiger partial charge in [-0.15, -0.1) is 0 Å². The summed E-state index contributed by atoms with van der Waals surface area (Å²) in [6.45, 7) is 1.84. The predicted octanol–water partition coefficient (Wildman–Crippen LogP) is 4.44. The Labute approximate surface area is 184 Å². The molecule has 0 spiro atoms. The maximum absolute atomic E-state index is 6.77. The topological polar surface area (TPSA) is 12.5 Å². The van der Waals surface area contributed by atoms with Gasteiger partial charge >= 0.3 is 185 Å². The molecule has 0 N–H and O–H groups in total. The van der Waals surface area contributed by atoms with E-state index in [1.165, 1.54) is 25.0 Å². The molecule has 1 heterocycles. The average molecular weight is 566 g/mol. The van der Waals surface area contributed by atoms with Crippen molar-refractivity contribution in [3.8, 4) is 5.75 Å². The zero-order chi connectivity index (χ0) is 19.6. The van der Waals surface area contributed by atoms with E-state index in [0.717, 1.165) is 18.8 Å². The van der Waals surface area contributed by atoms with Crippen molar-refractivity contribution in [1.29, 1.82) is 0 Å². The van der Waals surface area contributed by atoms with E-state index in [-0.39, 0.29) is 6.10 Å². The quantitative estimate of drug-likeness (QED) is 0.317. The van der Waals surface area contributed by atoms with E-state index >= 15 is 0 Å². The number of nitrogens with zero attached hydrogens (tertiary/aromatic N) is 1. The first-order valence-electron chi connectivity index (χ1n) is 10.3. The van der Waals surface area contributed by atoms with Crippen LogP contribution in [-0.2, 0) is 31.1 Å². The molecular weight excluding hydrogens is 543 g/mol. The van der Waals surface area contributed by atoms with Gasteiger partial charge in [-0.3, -0.25) is 0 Å². The Kier molecular flexibility index (Phi) is 5.39. The molecular formula is C26H23HgNO. The summed E-state index contributed by atoms with van der Waals surface area (Å²) in [7, 11) is 2.20. The molecule has 0 saturated heterocycles. The fraction of sp³-hybridized carbons (Fsp3) is 0.154. The van der Waals surface area contributed by atoms with Crippen LogP contribution >= 0.6 is 0 Å². The van der Waals surface area contributed by atoms with Crippen LogP contribution in [-0.4, -0.2) is 18.5 Å². The molecule has 1 aliphatic heterocycles. The zero-order valence-electron chi connectivity index (χ0n) is 16.7. The molecule has 0 radical (unpaired) electrons. The molecule has 29 heavy (non-hydrogen) atoms. The van der Waals surface area contributed by atoms with Crippen LogP contribution in [0.15, 0.2) is 91.0 Å². The molecule has 1 aliphatic rings. The van der Waals surface area contributed by atoms with Crippen molar-refractivity contribution in [3.63, 3.8) is 0 Å². The van der Waals surface area contributed by atoms with E-state index in [1.54, 1.807) is 3.07 Å². The molecule has 0 aliphatic carbocycles. The minimum atomic E-state index is -1.63. The number of benzene rings is 4. The number of hydrogen-bond acceptors (Lipinski definition) is 2. The Morgan fingerprint density at radius 1 is 0.828 bits per heavy atom. The van der Waals surface area contributed by atoms with Crippen LogP contribution in [0, 0.1) is 0 Å². The van der Waals surface area contributed by atoms with Gasteiger partial charge in [0.1, 0.15) is 0 Å².